The Labute approximate surface area is 102 Å². The van der Waals surface area contributed by atoms with Gasteiger partial charge in [-0.15, -0.1) is 0 Å². The Balaban J connectivity index is 2.48. The molecule has 0 atom stereocenters. The molecule has 0 aliphatic rings. The fourth-order valence-electron chi connectivity index (χ4n) is 1.58. The molecule has 0 N–H and O–H groups in total. The molecule has 4 heteroatoms. The maximum Gasteiger partial charge on any atom is 0.196 e. The van der Waals surface area contributed by atoms with Crippen LogP contribution in [0.15, 0.2) is 42.5 Å². The van der Waals surface area contributed by atoms with Gasteiger partial charge in [0.15, 0.2) is 5.78 Å². The van der Waals surface area contributed by atoms with Crippen molar-refractivity contribution < 1.29 is 18.4 Å². The van der Waals surface area contributed by atoms with Crippen molar-refractivity contribution in [1.29, 1.82) is 0 Å². The predicted molar refractivity (Wildman–Crippen MR) is 61.6 cm³/mol. The normalized spacial score (nSPS) is 10.1. The maximum absolute atomic E-state index is 13.5. The Morgan fingerprint density at radius 3 is 2.50 bits per heavy atom. The first-order valence-electron chi connectivity index (χ1n) is 5.17. The molecule has 0 fully saturated rings. The molecule has 2 rings (SSSR count). The highest BCUT2D eigenvalue weighted by Crippen LogP contribution is 2.15. The number of rotatable bonds is 3. The van der Waals surface area contributed by atoms with Crippen LogP contribution in [0.1, 0.15) is 26.3 Å². The molecule has 0 bridgehead atoms. The van der Waals surface area contributed by atoms with Crippen LogP contribution in [0.5, 0.6) is 0 Å². The first kappa shape index (κ1) is 12.1. The largest absolute Gasteiger partial charge is 0.298 e. The lowest BCUT2D eigenvalue weighted by Crippen LogP contribution is -2.05. The van der Waals surface area contributed by atoms with Gasteiger partial charge in [0, 0.05) is 11.1 Å². The van der Waals surface area contributed by atoms with Crippen LogP contribution in [-0.4, -0.2) is 12.1 Å². The van der Waals surface area contributed by atoms with E-state index in [0.29, 0.717) is 6.29 Å². The average Bonchev–Trinajstić information content (AvgIpc) is 2.38. The van der Waals surface area contributed by atoms with Gasteiger partial charge in [-0.1, -0.05) is 12.1 Å². The summed E-state index contributed by atoms with van der Waals surface area (Å²) in [4.78, 5) is 22.6. The highest BCUT2D eigenvalue weighted by molar-refractivity contribution is 6.09. The van der Waals surface area contributed by atoms with E-state index in [9.17, 15) is 18.4 Å². The van der Waals surface area contributed by atoms with E-state index in [1.165, 1.54) is 24.3 Å². The predicted octanol–water partition coefficient (Wildman–Crippen LogP) is 3.01. The van der Waals surface area contributed by atoms with E-state index in [2.05, 4.69) is 0 Å². The Hall–Kier alpha value is -2.36. The number of carbonyl (C=O) groups is 2. The summed E-state index contributed by atoms with van der Waals surface area (Å²) in [5.74, 6) is -1.97. The number of carbonyl (C=O) groups excluding carboxylic acids is 2. The molecule has 2 aromatic rings. The molecule has 0 aromatic heterocycles. The zero-order valence-electron chi connectivity index (χ0n) is 9.19. The fraction of sp³-hybridized carbons (Fsp3) is 0. The van der Waals surface area contributed by atoms with E-state index in [4.69, 9.17) is 0 Å². The lowest BCUT2D eigenvalue weighted by Gasteiger charge is -2.03. The van der Waals surface area contributed by atoms with Crippen LogP contribution in [0.2, 0.25) is 0 Å². The molecule has 0 spiro atoms. The third-order valence-electron chi connectivity index (χ3n) is 2.46. The summed E-state index contributed by atoms with van der Waals surface area (Å²) < 4.78 is 26.5. The van der Waals surface area contributed by atoms with Gasteiger partial charge in [0.25, 0.3) is 0 Å². The topological polar surface area (TPSA) is 34.1 Å². The summed E-state index contributed by atoms with van der Waals surface area (Å²) in [7, 11) is 0. The highest BCUT2D eigenvalue weighted by atomic mass is 19.1. The minimum Gasteiger partial charge on any atom is -0.298 e. The molecule has 2 nitrogen and oxygen atoms in total. The minimum atomic E-state index is -0.741. The van der Waals surface area contributed by atoms with Crippen LogP contribution in [-0.2, 0) is 0 Å². The third-order valence-corrected chi connectivity index (χ3v) is 2.46. The fourth-order valence-corrected chi connectivity index (χ4v) is 1.58. The average molecular weight is 246 g/mol. The number of hydrogen-bond acceptors (Lipinski definition) is 2. The second-order valence-electron chi connectivity index (χ2n) is 3.70. The van der Waals surface area contributed by atoms with Gasteiger partial charge in [-0.25, -0.2) is 8.78 Å². The molecule has 90 valence electrons. The summed E-state index contributed by atoms with van der Waals surface area (Å²) >= 11 is 0. The van der Waals surface area contributed by atoms with Gasteiger partial charge in [-0.05, 0) is 30.3 Å². The molecular weight excluding hydrogens is 238 g/mol. The number of aldehydes is 1. The smallest absolute Gasteiger partial charge is 0.196 e. The van der Waals surface area contributed by atoms with Gasteiger partial charge in [-0.3, -0.25) is 9.59 Å². The number of benzene rings is 2. The van der Waals surface area contributed by atoms with E-state index >= 15 is 0 Å². The summed E-state index contributed by atoms with van der Waals surface area (Å²) in [6, 6.07) is 8.42. The van der Waals surface area contributed by atoms with Crippen molar-refractivity contribution in [2.45, 2.75) is 0 Å². The van der Waals surface area contributed by atoms with Gasteiger partial charge in [0.1, 0.15) is 17.9 Å². The SMILES string of the molecule is O=Cc1ccc(F)c(C(=O)c2cccc(F)c2)c1. The maximum atomic E-state index is 13.5. The van der Waals surface area contributed by atoms with Crippen LogP contribution in [0.25, 0.3) is 0 Å². The lowest BCUT2D eigenvalue weighted by molar-refractivity contribution is 0.103. The van der Waals surface area contributed by atoms with Crippen LogP contribution >= 0.6 is 0 Å². The van der Waals surface area contributed by atoms with Crippen LogP contribution in [0, 0.1) is 11.6 Å². The van der Waals surface area contributed by atoms with E-state index in [-0.39, 0.29) is 16.7 Å². The highest BCUT2D eigenvalue weighted by Gasteiger charge is 2.15. The summed E-state index contributed by atoms with van der Waals surface area (Å²) in [6.45, 7) is 0. The van der Waals surface area contributed by atoms with Crippen molar-refractivity contribution in [2.75, 3.05) is 0 Å². The second kappa shape index (κ2) is 4.87. The summed E-state index contributed by atoms with van der Waals surface area (Å²) in [5.41, 5.74) is -0.0155. The quantitative estimate of drug-likeness (QED) is 0.616. The molecule has 0 aliphatic heterocycles. The zero-order chi connectivity index (χ0) is 13.1. The molecule has 18 heavy (non-hydrogen) atoms. The summed E-state index contributed by atoms with van der Waals surface area (Å²) in [5, 5.41) is 0. The Morgan fingerprint density at radius 2 is 1.83 bits per heavy atom. The van der Waals surface area contributed by atoms with Gasteiger partial charge in [0.2, 0.25) is 0 Å². The van der Waals surface area contributed by atoms with E-state index in [0.717, 1.165) is 18.2 Å². The molecule has 2 aromatic carbocycles. The van der Waals surface area contributed by atoms with Gasteiger partial charge in [0.05, 0.1) is 5.56 Å². The molecule has 0 amide bonds. The van der Waals surface area contributed by atoms with Crippen LogP contribution in [0.3, 0.4) is 0 Å². The second-order valence-corrected chi connectivity index (χ2v) is 3.70. The molecule has 0 heterocycles. The minimum absolute atomic E-state index is 0.0388. The number of ketones is 1. The molecule has 0 saturated heterocycles. The van der Waals surface area contributed by atoms with Crippen LogP contribution in [0.4, 0.5) is 8.78 Å². The number of halogens is 2. The van der Waals surface area contributed by atoms with Crippen molar-refractivity contribution in [3.63, 3.8) is 0 Å². The summed E-state index contributed by atoms with van der Waals surface area (Å²) in [6.07, 6.45) is 0.516. The van der Waals surface area contributed by atoms with Crippen LogP contribution < -0.4 is 0 Å². The Morgan fingerprint density at radius 1 is 1.06 bits per heavy atom. The van der Waals surface area contributed by atoms with Crippen molar-refractivity contribution >= 4 is 12.1 Å². The van der Waals surface area contributed by atoms with E-state index in [1.54, 1.807) is 0 Å². The molecule has 0 saturated carbocycles. The molecule has 0 radical (unpaired) electrons. The Kier molecular flexibility index (Phi) is 3.28. The third kappa shape index (κ3) is 2.32. The number of hydrogen-bond donors (Lipinski definition) is 0. The van der Waals surface area contributed by atoms with Gasteiger partial charge < -0.3 is 0 Å². The van der Waals surface area contributed by atoms with Crippen molar-refractivity contribution in [1.82, 2.24) is 0 Å². The van der Waals surface area contributed by atoms with E-state index < -0.39 is 17.4 Å². The van der Waals surface area contributed by atoms with Crippen molar-refractivity contribution in [2.24, 2.45) is 0 Å². The first-order valence-corrected chi connectivity index (χ1v) is 5.17. The van der Waals surface area contributed by atoms with Gasteiger partial charge >= 0.3 is 0 Å². The molecule has 0 unspecified atom stereocenters. The zero-order valence-corrected chi connectivity index (χ0v) is 9.19. The van der Waals surface area contributed by atoms with Gasteiger partial charge in [-0.2, -0.15) is 0 Å². The first-order chi connectivity index (χ1) is 8.61. The monoisotopic (exact) mass is 246 g/mol. The van der Waals surface area contributed by atoms with Crippen molar-refractivity contribution in [3.8, 4) is 0 Å². The van der Waals surface area contributed by atoms with E-state index in [1.807, 2.05) is 0 Å². The Bertz CT molecular complexity index is 621. The molecular formula is C14H8F2O2. The van der Waals surface area contributed by atoms with Crippen molar-refractivity contribution in [3.05, 3.63) is 70.8 Å². The molecule has 0 aliphatic carbocycles. The standard InChI is InChI=1S/C14H8F2O2/c15-11-3-1-2-10(7-11)14(18)12-6-9(8-17)4-5-13(12)16/h1-8H. The lowest BCUT2D eigenvalue weighted by atomic mass is 10.0.